The molecule has 5 heteroatoms. The summed E-state index contributed by atoms with van der Waals surface area (Å²) in [5.74, 6) is -0.633. The van der Waals surface area contributed by atoms with E-state index in [-0.39, 0.29) is 24.0 Å². The molecule has 2 N–H and O–H groups in total. The second-order valence-electron chi connectivity index (χ2n) is 6.13. The zero-order valence-corrected chi connectivity index (χ0v) is 12.3. The van der Waals surface area contributed by atoms with E-state index in [0.717, 1.165) is 13.0 Å². The molecule has 2 atom stereocenters. The Bertz CT molecular complexity index is 329. The van der Waals surface area contributed by atoms with Crippen LogP contribution >= 0.6 is 0 Å². The Morgan fingerprint density at radius 1 is 1.26 bits per heavy atom. The number of urea groups is 1. The van der Waals surface area contributed by atoms with Crippen molar-refractivity contribution in [2.24, 2.45) is 11.8 Å². The molecule has 0 bridgehead atoms. The fraction of sp³-hybridized carbons (Fsp3) is 0.857. The number of nitrogens with zero attached hydrogens (tertiary/aromatic N) is 1. The average Bonchev–Trinajstić information content (AvgIpc) is 2.73. The van der Waals surface area contributed by atoms with E-state index in [1.165, 1.54) is 0 Å². The van der Waals surface area contributed by atoms with E-state index in [4.69, 9.17) is 5.11 Å². The number of carboxylic acid groups (broad SMARTS) is 1. The van der Waals surface area contributed by atoms with Gasteiger partial charge in [0.05, 0.1) is 5.92 Å². The van der Waals surface area contributed by atoms with Crippen molar-refractivity contribution in [1.29, 1.82) is 0 Å². The summed E-state index contributed by atoms with van der Waals surface area (Å²) in [6.07, 6.45) is 1.97. The zero-order valence-electron chi connectivity index (χ0n) is 12.3. The number of aliphatic carboxylic acids is 1. The van der Waals surface area contributed by atoms with E-state index < -0.39 is 5.97 Å². The van der Waals surface area contributed by atoms with Crippen molar-refractivity contribution in [3.05, 3.63) is 0 Å². The minimum Gasteiger partial charge on any atom is -0.481 e. The number of carboxylic acids is 1. The summed E-state index contributed by atoms with van der Waals surface area (Å²) in [6.45, 7) is 8.88. The first-order valence-corrected chi connectivity index (χ1v) is 7.11. The Kier molecular flexibility index (Phi) is 5.63. The van der Waals surface area contributed by atoms with Gasteiger partial charge in [0.2, 0.25) is 0 Å². The lowest BCUT2D eigenvalue weighted by molar-refractivity contribution is -0.141. The third-order valence-corrected chi connectivity index (χ3v) is 3.56. The van der Waals surface area contributed by atoms with Gasteiger partial charge in [-0.05, 0) is 39.0 Å². The number of rotatable bonds is 5. The van der Waals surface area contributed by atoms with Gasteiger partial charge in [-0.25, -0.2) is 4.79 Å². The van der Waals surface area contributed by atoms with Crippen molar-refractivity contribution in [2.45, 2.75) is 59.0 Å². The summed E-state index contributed by atoms with van der Waals surface area (Å²) in [6, 6.07) is 0.0841. The summed E-state index contributed by atoms with van der Waals surface area (Å²) in [4.78, 5) is 24.9. The normalized spacial score (nSPS) is 22.8. The van der Waals surface area contributed by atoms with Crippen LogP contribution in [0.1, 0.15) is 47.0 Å². The maximum atomic E-state index is 12.2. The fourth-order valence-electron chi connectivity index (χ4n) is 2.52. The van der Waals surface area contributed by atoms with Gasteiger partial charge in [-0.2, -0.15) is 0 Å². The molecule has 0 heterocycles. The predicted octanol–water partition coefficient (Wildman–Crippen LogP) is 2.32. The lowest BCUT2D eigenvalue weighted by Gasteiger charge is -2.30. The number of carbonyl (C=O) groups excluding carboxylic acids is 1. The summed E-state index contributed by atoms with van der Waals surface area (Å²) >= 11 is 0. The Hall–Kier alpha value is -1.26. The van der Waals surface area contributed by atoms with Gasteiger partial charge >= 0.3 is 12.0 Å². The number of hydrogen-bond acceptors (Lipinski definition) is 2. The van der Waals surface area contributed by atoms with Gasteiger partial charge in [-0.15, -0.1) is 0 Å². The summed E-state index contributed by atoms with van der Waals surface area (Å²) in [5, 5.41) is 11.9. The molecule has 0 aliphatic heterocycles. The van der Waals surface area contributed by atoms with Gasteiger partial charge in [-0.1, -0.05) is 13.8 Å². The molecule has 19 heavy (non-hydrogen) atoms. The van der Waals surface area contributed by atoms with Crippen LogP contribution in [0.4, 0.5) is 4.79 Å². The van der Waals surface area contributed by atoms with Crippen molar-refractivity contribution in [3.8, 4) is 0 Å². The van der Waals surface area contributed by atoms with Crippen LogP contribution < -0.4 is 5.32 Å². The molecule has 1 saturated carbocycles. The molecule has 0 aromatic carbocycles. The first kappa shape index (κ1) is 15.8. The second-order valence-corrected chi connectivity index (χ2v) is 6.13. The fourth-order valence-corrected chi connectivity index (χ4v) is 2.52. The lowest BCUT2D eigenvalue weighted by atomic mass is 10.1. The van der Waals surface area contributed by atoms with E-state index in [9.17, 15) is 9.59 Å². The van der Waals surface area contributed by atoms with Gasteiger partial charge in [0.25, 0.3) is 0 Å². The van der Waals surface area contributed by atoms with Crippen LogP contribution in [0.5, 0.6) is 0 Å². The molecule has 1 fully saturated rings. The summed E-state index contributed by atoms with van der Waals surface area (Å²) in [5.41, 5.74) is 0. The Balaban J connectivity index is 2.51. The number of hydrogen-bond donors (Lipinski definition) is 2. The Morgan fingerprint density at radius 2 is 1.89 bits per heavy atom. The standard InChI is InChI=1S/C14H26N2O3/c1-9(2)8-16(10(3)4)14(19)15-12-6-5-11(7-12)13(17)18/h9-12H,5-8H2,1-4H3,(H,15,19)(H,17,18). The molecule has 1 rings (SSSR count). The topological polar surface area (TPSA) is 69.6 Å². The highest BCUT2D eigenvalue weighted by molar-refractivity contribution is 5.75. The highest BCUT2D eigenvalue weighted by atomic mass is 16.4. The second kappa shape index (κ2) is 6.78. The van der Waals surface area contributed by atoms with Gasteiger partial charge in [0.15, 0.2) is 0 Å². The van der Waals surface area contributed by atoms with E-state index in [2.05, 4.69) is 19.2 Å². The van der Waals surface area contributed by atoms with Gasteiger partial charge in [0, 0.05) is 18.6 Å². The minimum atomic E-state index is -0.750. The lowest BCUT2D eigenvalue weighted by Crippen LogP contribution is -2.48. The molecule has 2 unspecified atom stereocenters. The largest absolute Gasteiger partial charge is 0.481 e. The third-order valence-electron chi connectivity index (χ3n) is 3.56. The van der Waals surface area contributed by atoms with Gasteiger partial charge in [0.1, 0.15) is 0 Å². The van der Waals surface area contributed by atoms with E-state index in [0.29, 0.717) is 18.8 Å². The Morgan fingerprint density at radius 3 is 2.32 bits per heavy atom. The van der Waals surface area contributed by atoms with E-state index >= 15 is 0 Å². The van der Waals surface area contributed by atoms with Crippen LogP contribution in [0.3, 0.4) is 0 Å². The minimum absolute atomic E-state index is 0.00186. The van der Waals surface area contributed by atoms with Crippen LogP contribution in [-0.4, -0.2) is 40.6 Å². The molecular weight excluding hydrogens is 244 g/mol. The SMILES string of the molecule is CC(C)CN(C(=O)NC1CCC(C(=O)O)C1)C(C)C. The Labute approximate surface area is 115 Å². The molecule has 1 aliphatic carbocycles. The number of amides is 2. The van der Waals surface area contributed by atoms with Crippen LogP contribution in [0.15, 0.2) is 0 Å². The molecule has 5 nitrogen and oxygen atoms in total. The number of nitrogens with one attached hydrogen (secondary N) is 1. The van der Waals surface area contributed by atoms with Crippen LogP contribution in [0.2, 0.25) is 0 Å². The maximum absolute atomic E-state index is 12.2. The molecule has 0 spiro atoms. The molecule has 110 valence electrons. The molecule has 0 aromatic heterocycles. The monoisotopic (exact) mass is 270 g/mol. The van der Waals surface area contributed by atoms with Gasteiger partial charge in [-0.3, -0.25) is 4.79 Å². The highest BCUT2D eigenvalue weighted by Gasteiger charge is 2.31. The smallest absolute Gasteiger partial charge is 0.317 e. The molecule has 0 radical (unpaired) electrons. The number of carbonyl (C=O) groups is 2. The molecular formula is C14H26N2O3. The van der Waals surface area contributed by atoms with Crippen LogP contribution in [-0.2, 0) is 4.79 Å². The van der Waals surface area contributed by atoms with Crippen LogP contribution in [0.25, 0.3) is 0 Å². The van der Waals surface area contributed by atoms with Crippen molar-refractivity contribution in [3.63, 3.8) is 0 Å². The van der Waals surface area contributed by atoms with Gasteiger partial charge < -0.3 is 15.3 Å². The highest BCUT2D eigenvalue weighted by Crippen LogP contribution is 2.25. The molecule has 2 amide bonds. The predicted molar refractivity (Wildman–Crippen MR) is 74.0 cm³/mol. The zero-order chi connectivity index (χ0) is 14.6. The van der Waals surface area contributed by atoms with Crippen molar-refractivity contribution >= 4 is 12.0 Å². The summed E-state index contributed by atoms with van der Waals surface area (Å²) in [7, 11) is 0. The molecule has 0 saturated heterocycles. The first-order chi connectivity index (χ1) is 8.81. The average molecular weight is 270 g/mol. The quantitative estimate of drug-likeness (QED) is 0.805. The maximum Gasteiger partial charge on any atom is 0.317 e. The van der Waals surface area contributed by atoms with Crippen molar-refractivity contribution in [2.75, 3.05) is 6.54 Å². The third kappa shape index (κ3) is 4.73. The molecule has 0 aromatic rings. The summed E-state index contributed by atoms with van der Waals surface area (Å²) < 4.78 is 0. The first-order valence-electron chi connectivity index (χ1n) is 7.11. The van der Waals surface area contributed by atoms with E-state index in [1.54, 1.807) is 0 Å². The van der Waals surface area contributed by atoms with Crippen molar-refractivity contribution in [1.82, 2.24) is 10.2 Å². The van der Waals surface area contributed by atoms with Crippen molar-refractivity contribution < 1.29 is 14.7 Å². The van der Waals surface area contributed by atoms with Crippen LogP contribution in [0, 0.1) is 11.8 Å². The van der Waals surface area contributed by atoms with E-state index in [1.807, 2.05) is 18.7 Å². The molecule has 1 aliphatic rings.